The van der Waals surface area contributed by atoms with Crippen LogP contribution < -0.4 is 15.4 Å². The maximum atomic E-state index is 11.9. The van der Waals surface area contributed by atoms with Gasteiger partial charge in [-0.25, -0.2) is 0 Å². The number of methoxy groups -OCH3 is 1. The topological polar surface area (TPSA) is 55.6 Å². The fourth-order valence-corrected chi connectivity index (χ4v) is 2.00. The number of carbonyl (C=O) groups excluding carboxylic acids is 1. The zero-order valence-electron chi connectivity index (χ0n) is 9.35. The first kappa shape index (κ1) is 11.0. The quantitative estimate of drug-likeness (QED) is 0.813. The summed E-state index contributed by atoms with van der Waals surface area (Å²) in [5, 5.41) is 0. The molecule has 1 heterocycles. The molecule has 2 rings (SSSR count). The molecule has 16 heavy (non-hydrogen) atoms. The lowest BCUT2D eigenvalue weighted by molar-refractivity contribution is -0.120. The summed E-state index contributed by atoms with van der Waals surface area (Å²) in [6.07, 6.45) is 1.70. The lowest BCUT2D eigenvalue weighted by Crippen LogP contribution is -2.48. The number of carbonyl (C=O) groups is 1. The van der Waals surface area contributed by atoms with Crippen LogP contribution in [0.5, 0.6) is 5.75 Å². The minimum Gasteiger partial charge on any atom is -0.495 e. The molecule has 0 saturated carbocycles. The molecular formula is C12H16N2O2. The zero-order chi connectivity index (χ0) is 11.5. The predicted octanol–water partition coefficient (Wildman–Crippen LogP) is 1.15. The second-order valence-electron chi connectivity index (χ2n) is 3.91. The number of nitrogens with zero attached hydrogens (tertiary/aromatic N) is 1. The molecule has 1 aromatic carbocycles. The molecule has 0 unspecified atom stereocenters. The second kappa shape index (κ2) is 4.53. The summed E-state index contributed by atoms with van der Waals surface area (Å²) >= 11 is 0. The number of para-hydroxylation sites is 2. The molecule has 1 fully saturated rings. The van der Waals surface area contributed by atoms with Crippen molar-refractivity contribution in [1.82, 2.24) is 0 Å². The Hall–Kier alpha value is -1.55. The van der Waals surface area contributed by atoms with Gasteiger partial charge in [0.15, 0.2) is 0 Å². The van der Waals surface area contributed by atoms with Crippen molar-refractivity contribution >= 4 is 11.6 Å². The normalized spacial score (nSPS) is 21.0. The van der Waals surface area contributed by atoms with E-state index in [9.17, 15) is 4.79 Å². The van der Waals surface area contributed by atoms with E-state index in [-0.39, 0.29) is 11.9 Å². The molecule has 0 bridgehead atoms. The minimum absolute atomic E-state index is 0.0178. The molecule has 0 aliphatic carbocycles. The first-order valence-corrected chi connectivity index (χ1v) is 5.44. The summed E-state index contributed by atoms with van der Waals surface area (Å²) < 4.78 is 5.25. The van der Waals surface area contributed by atoms with Crippen LogP contribution in [0.2, 0.25) is 0 Å². The maximum absolute atomic E-state index is 11.9. The van der Waals surface area contributed by atoms with E-state index in [1.165, 1.54) is 0 Å². The van der Waals surface area contributed by atoms with Crippen molar-refractivity contribution in [2.45, 2.75) is 18.9 Å². The number of hydrogen-bond acceptors (Lipinski definition) is 3. The number of anilines is 1. The van der Waals surface area contributed by atoms with E-state index in [4.69, 9.17) is 10.5 Å². The Morgan fingerprint density at radius 3 is 2.94 bits per heavy atom. The molecule has 2 N–H and O–H groups in total. The van der Waals surface area contributed by atoms with Gasteiger partial charge in [-0.3, -0.25) is 4.79 Å². The molecule has 4 heteroatoms. The van der Waals surface area contributed by atoms with Gasteiger partial charge in [-0.2, -0.15) is 0 Å². The highest BCUT2D eigenvalue weighted by molar-refractivity contribution is 5.98. The van der Waals surface area contributed by atoms with Gasteiger partial charge in [-0.05, 0) is 25.0 Å². The molecule has 4 nitrogen and oxygen atoms in total. The van der Waals surface area contributed by atoms with Gasteiger partial charge in [-0.1, -0.05) is 12.1 Å². The number of piperidine rings is 1. The van der Waals surface area contributed by atoms with Crippen LogP contribution >= 0.6 is 0 Å². The molecular weight excluding hydrogens is 204 g/mol. The number of benzene rings is 1. The first-order valence-electron chi connectivity index (χ1n) is 5.44. The Morgan fingerprint density at radius 2 is 2.19 bits per heavy atom. The third-order valence-corrected chi connectivity index (χ3v) is 2.86. The number of hydrogen-bond donors (Lipinski definition) is 1. The van der Waals surface area contributed by atoms with E-state index >= 15 is 0 Å². The van der Waals surface area contributed by atoms with Gasteiger partial charge in [-0.15, -0.1) is 0 Å². The molecule has 0 aromatic heterocycles. The van der Waals surface area contributed by atoms with Gasteiger partial charge < -0.3 is 15.4 Å². The van der Waals surface area contributed by atoms with Gasteiger partial charge >= 0.3 is 0 Å². The first-order chi connectivity index (χ1) is 7.74. The average Bonchev–Trinajstić information content (AvgIpc) is 2.33. The molecule has 1 atom stereocenters. The van der Waals surface area contributed by atoms with Crippen LogP contribution in [0.3, 0.4) is 0 Å². The van der Waals surface area contributed by atoms with Crippen molar-refractivity contribution in [1.29, 1.82) is 0 Å². The highest BCUT2D eigenvalue weighted by Gasteiger charge is 2.28. The standard InChI is InChI=1S/C12H16N2O2/c1-16-11-7-3-2-6-10(11)14-8-4-5-9(13)12(14)15/h2-3,6-7,9H,4-5,8,13H2,1H3/t9-/m1/s1. The zero-order valence-corrected chi connectivity index (χ0v) is 9.35. The molecule has 1 amide bonds. The van der Waals surface area contributed by atoms with E-state index in [1.54, 1.807) is 12.0 Å². The van der Waals surface area contributed by atoms with E-state index < -0.39 is 0 Å². The average molecular weight is 220 g/mol. The molecule has 86 valence electrons. The van der Waals surface area contributed by atoms with E-state index in [2.05, 4.69) is 0 Å². The van der Waals surface area contributed by atoms with Crippen LogP contribution in [0.15, 0.2) is 24.3 Å². The molecule has 0 spiro atoms. The monoisotopic (exact) mass is 220 g/mol. The molecule has 1 saturated heterocycles. The van der Waals surface area contributed by atoms with Crippen molar-refractivity contribution in [3.8, 4) is 5.75 Å². The van der Waals surface area contributed by atoms with Crippen molar-refractivity contribution in [2.75, 3.05) is 18.6 Å². The highest BCUT2D eigenvalue weighted by atomic mass is 16.5. The van der Waals surface area contributed by atoms with Crippen LogP contribution in [-0.2, 0) is 4.79 Å². The van der Waals surface area contributed by atoms with Gasteiger partial charge in [0.25, 0.3) is 0 Å². The Balaban J connectivity index is 2.32. The van der Waals surface area contributed by atoms with Crippen LogP contribution in [-0.4, -0.2) is 25.6 Å². The van der Waals surface area contributed by atoms with Gasteiger partial charge in [0.1, 0.15) is 5.75 Å². The van der Waals surface area contributed by atoms with Crippen LogP contribution in [0.1, 0.15) is 12.8 Å². The van der Waals surface area contributed by atoms with Crippen molar-refractivity contribution in [3.05, 3.63) is 24.3 Å². The van der Waals surface area contributed by atoms with Crippen LogP contribution in [0, 0.1) is 0 Å². The Labute approximate surface area is 95.0 Å². The summed E-state index contributed by atoms with van der Waals surface area (Å²) in [6, 6.07) is 7.14. The minimum atomic E-state index is -0.376. The van der Waals surface area contributed by atoms with Crippen molar-refractivity contribution in [2.24, 2.45) is 5.73 Å². The second-order valence-corrected chi connectivity index (χ2v) is 3.91. The third-order valence-electron chi connectivity index (χ3n) is 2.86. The summed E-state index contributed by atoms with van der Waals surface area (Å²) in [4.78, 5) is 13.7. The number of nitrogens with two attached hydrogens (primary N) is 1. The molecule has 0 radical (unpaired) electrons. The Bertz CT molecular complexity index is 392. The smallest absolute Gasteiger partial charge is 0.244 e. The van der Waals surface area contributed by atoms with Crippen LogP contribution in [0.4, 0.5) is 5.69 Å². The fraction of sp³-hybridized carbons (Fsp3) is 0.417. The Kier molecular flexibility index (Phi) is 3.10. The third kappa shape index (κ3) is 1.88. The van der Waals surface area contributed by atoms with Gasteiger partial charge in [0.2, 0.25) is 5.91 Å². The SMILES string of the molecule is COc1ccccc1N1CCC[C@@H](N)C1=O. The van der Waals surface area contributed by atoms with Gasteiger partial charge in [0, 0.05) is 6.54 Å². The van der Waals surface area contributed by atoms with E-state index in [0.29, 0.717) is 12.3 Å². The maximum Gasteiger partial charge on any atom is 0.244 e. The lowest BCUT2D eigenvalue weighted by Gasteiger charge is -2.31. The van der Waals surface area contributed by atoms with Crippen molar-refractivity contribution in [3.63, 3.8) is 0 Å². The molecule has 1 aliphatic rings. The summed E-state index contributed by atoms with van der Waals surface area (Å²) in [6.45, 7) is 0.715. The number of rotatable bonds is 2. The summed E-state index contributed by atoms with van der Waals surface area (Å²) in [7, 11) is 1.60. The summed E-state index contributed by atoms with van der Waals surface area (Å²) in [5.74, 6) is 0.695. The van der Waals surface area contributed by atoms with Crippen LogP contribution in [0.25, 0.3) is 0 Å². The number of ether oxygens (including phenoxy) is 1. The highest BCUT2D eigenvalue weighted by Crippen LogP contribution is 2.30. The molecule has 1 aliphatic heterocycles. The number of amides is 1. The fourth-order valence-electron chi connectivity index (χ4n) is 2.00. The molecule has 1 aromatic rings. The van der Waals surface area contributed by atoms with Gasteiger partial charge in [0.05, 0.1) is 18.8 Å². The van der Waals surface area contributed by atoms with E-state index in [1.807, 2.05) is 24.3 Å². The van der Waals surface area contributed by atoms with Crippen molar-refractivity contribution < 1.29 is 9.53 Å². The van der Waals surface area contributed by atoms with E-state index in [0.717, 1.165) is 18.5 Å². The largest absolute Gasteiger partial charge is 0.495 e. The Morgan fingerprint density at radius 1 is 1.44 bits per heavy atom. The predicted molar refractivity (Wildman–Crippen MR) is 62.6 cm³/mol. The lowest BCUT2D eigenvalue weighted by atomic mass is 10.0. The summed E-state index contributed by atoms with van der Waals surface area (Å²) in [5.41, 5.74) is 6.58.